The Hall–Kier alpha value is -1.87. The molecule has 21 heavy (non-hydrogen) atoms. The van der Waals surface area contributed by atoms with Gasteiger partial charge in [0.05, 0.1) is 5.69 Å². The molecule has 1 N–H and O–H groups in total. The fourth-order valence-electron chi connectivity index (χ4n) is 2.13. The minimum Gasteiger partial charge on any atom is -0.455 e. The molecule has 0 aliphatic rings. The Bertz CT molecular complexity index is 594. The average molecular weight is 284 g/mol. The number of nitrogens with one attached hydrogen (secondary N) is 1. The van der Waals surface area contributed by atoms with Crippen LogP contribution < -0.4 is 10.1 Å². The third-order valence-corrected chi connectivity index (χ3v) is 3.30. The van der Waals surface area contributed by atoms with Crippen LogP contribution in [0.3, 0.4) is 0 Å². The molecule has 0 saturated heterocycles. The zero-order valence-electron chi connectivity index (χ0n) is 13.3. The van der Waals surface area contributed by atoms with Crippen molar-refractivity contribution in [3.8, 4) is 11.5 Å². The Morgan fingerprint density at radius 2 is 1.86 bits per heavy atom. The number of hydrogen-bond donors (Lipinski definition) is 1. The Morgan fingerprint density at radius 3 is 2.57 bits per heavy atom. The molecule has 0 atom stereocenters. The van der Waals surface area contributed by atoms with E-state index in [1.54, 1.807) is 0 Å². The molecular formula is C18H24N2O. The van der Waals surface area contributed by atoms with Gasteiger partial charge in [-0.05, 0) is 31.5 Å². The van der Waals surface area contributed by atoms with E-state index >= 15 is 0 Å². The fraction of sp³-hybridized carbons (Fsp3) is 0.389. The number of nitrogens with zero attached hydrogens (tertiary/aromatic N) is 1. The van der Waals surface area contributed by atoms with Gasteiger partial charge in [-0.15, -0.1) is 0 Å². The van der Waals surface area contributed by atoms with Crippen LogP contribution in [0.1, 0.15) is 37.7 Å². The van der Waals surface area contributed by atoms with Gasteiger partial charge in [-0.3, -0.25) is 4.98 Å². The Kier molecular flexibility index (Phi) is 5.34. The van der Waals surface area contributed by atoms with Crippen molar-refractivity contribution >= 4 is 0 Å². The van der Waals surface area contributed by atoms with Crippen molar-refractivity contribution in [1.29, 1.82) is 0 Å². The van der Waals surface area contributed by atoms with Gasteiger partial charge < -0.3 is 10.1 Å². The highest BCUT2D eigenvalue weighted by molar-refractivity contribution is 5.39. The van der Waals surface area contributed by atoms with Crippen molar-refractivity contribution in [1.82, 2.24) is 10.3 Å². The number of hydrogen-bond acceptors (Lipinski definition) is 3. The van der Waals surface area contributed by atoms with E-state index in [1.165, 1.54) is 0 Å². The summed E-state index contributed by atoms with van der Waals surface area (Å²) in [5, 5.41) is 3.43. The van der Waals surface area contributed by atoms with Gasteiger partial charge in [-0.1, -0.05) is 39.0 Å². The number of pyridine rings is 1. The van der Waals surface area contributed by atoms with Gasteiger partial charge in [-0.25, -0.2) is 0 Å². The number of ether oxygens (including phenoxy) is 1. The van der Waals surface area contributed by atoms with Gasteiger partial charge >= 0.3 is 0 Å². The zero-order valence-corrected chi connectivity index (χ0v) is 13.3. The molecule has 0 aliphatic heterocycles. The fourth-order valence-corrected chi connectivity index (χ4v) is 2.13. The lowest BCUT2D eigenvalue weighted by atomic mass is 10.2. The van der Waals surface area contributed by atoms with Crippen molar-refractivity contribution in [2.24, 2.45) is 0 Å². The number of rotatable bonds is 6. The maximum absolute atomic E-state index is 6.12. The van der Waals surface area contributed by atoms with Crippen LogP contribution in [-0.4, -0.2) is 11.0 Å². The minimum atomic E-state index is 0.449. The molecule has 112 valence electrons. The summed E-state index contributed by atoms with van der Waals surface area (Å²) in [6.45, 7) is 9.18. The van der Waals surface area contributed by atoms with Crippen LogP contribution >= 0.6 is 0 Å². The molecule has 0 radical (unpaired) electrons. The first-order valence-electron chi connectivity index (χ1n) is 7.55. The average Bonchev–Trinajstić information content (AvgIpc) is 2.48. The highest BCUT2D eigenvalue weighted by Gasteiger charge is 2.09. The van der Waals surface area contributed by atoms with Crippen molar-refractivity contribution in [3.63, 3.8) is 0 Å². The zero-order chi connectivity index (χ0) is 15.2. The molecule has 2 aromatic rings. The van der Waals surface area contributed by atoms with Crippen molar-refractivity contribution in [3.05, 3.63) is 53.3 Å². The predicted octanol–water partition coefficient (Wildman–Crippen LogP) is 4.24. The summed E-state index contributed by atoms with van der Waals surface area (Å²) in [6, 6.07) is 12.6. The van der Waals surface area contributed by atoms with E-state index in [1.807, 2.05) is 37.3 Å². The molecular weight excluding hydrogens is 260 g/mol. The first-order valence-corrected chi connectivity index (χ1v) is 7.55. The molecule has 1 aromatic heterocycles. The lowest BCUT2D eigenvalue weighted by Crippen LogP contribution is -2.22. The quantitative estimate of drug-likeness (QED) is 0.861. The summed E-state index contributed by atoms with van der Waals surface area (Å²) in [7, 11) is 0. The molecule has 1 heterocycles. The summed E-state index contributed by atoms with van der Waals surface area (Å²) < 4.78 is 6.12. The smallest absolute Gasteiger partial charge is 0.148 e. The second kappa shape index (κ2) is 7.23. The molecule has 0 unspecified atom stereocenters. The van der Waals surface area contributed by atoms with Crippen LogP contribution in [0, 0.1) is 6.92 Å². The third-order valence-electron chi connectivity index (χ3n) is 3.30. The van der Waals surface area contributed by atoms with E-state index in [2.05, 4.69) is 37.1 Å². The summed E-state index contributed by atoms with van der Waals surface area (Å²) in [4.78, 5) is 4.55. The van der Waals surface area contributed by atoms with Gasteiger partial charge in [-0.2, -0.15) is 0 Å². The van der Waals surface area contributed by atoms with Crippen LogP contribution in [0.4, 0.5) is 0 Å². The maximum atomic E-state index is 6.12. The second-order valence-electron chi connectivity index (χ2n) is 5.50. The Morgan fingerprint density at radius 1 is 1.10 bits per heavy atom. The van der Waals surface area contributed by atoms with Gasteiger partial charge in [0.1, 0.15) is 11.5 Å². The van der Waals surface area contributed by atoms with Crippen LogP contribution in [0.25, 0.3) is 0 Å². The standard InChI is InChI=1S/C18H24N2O/c1-5-16-18(11-10-14(4)20-16)21-17-9-7-6-8-15(17)12-19-13(2)3/h6-11,13,19H,5,12H2,1-4H3. The van der Waals surface area contributed by atoms with E-state index in [-0.39, 0.29) is 0 Å². The molecule has 0 amide bonds. The highest BCUT2D eigenvalue weighted by Crippen LogP contribution is 2.28. The van der Waals surface area contributed by atoms with Crippen molar-refractivity contribution in [2.75, 3.05) is 0 Å². The molecule has 3 heteroatoms. The summed E-state index contributed by atoms with van der Waals surface area (Å²) >= 11 is 0. The molecule has 0 aliphatic carbocycles. The Labute approximate surface area is 127 Å². The largest absolute Gasteiger partial charge is 0.455 e. The molecule has 0 spiro atoms. The molecule has 2 rings (SSSR count). The van der Waals surface area contributed by atoms with E-state index in [0.29, 0.717) is 6.04 Å². The first kappa shape index (κ1) is 15.5. The molecule has 0 bridgehead atoms. The van der Waals surface area contributed by atoms with Crippen molar-refractivity contribution < 1.29 is 4.74 Å². The monoisotopic (exact) mass is 284 g/mol. The number of para-hydroxylation sites is 1. The van der Waals surface area contributed by atoms with E-state index in [0.717, 1.165) is 41.4 Å². The normalized spacial score (nSPS) is 10.9. The number of benzene rings is 1. The van der Waals surface area contributed by atoms with Gasteiger partial charge in [0.15, 0.2) is 0 Å². The molecule has 1 aromatic carbocycles. The van der Waals surface area contributed by atoms with Crippen LogP contribution in [0.2, 0.25) is 0 Å². The summed E-state index contributed by atoms with van der Waals surface area (Å²) in [6.07, 6.45) is 0.865. The number of aromatic nitrogens is 1. The van der Waals surface area contributed by atoms with Crippen LogP contribution in [0.5, 0.6) is 11.5 Å². The van der Waals surface area contributed by atoms with Gasteiger partial charge in [0.2, 0.25) is 0 Å². The molecule has 0 saturated carbocycles. The third kappa shape index (κ3) is 4.30. The minimum absolute atomic E-state index is 0.449. The van der Waals surface area contributed by atoms with Gasteiger partial charge in [0.25, 0.3) is 0 Å². The maximum Gasteiger partial charge on any atom is 0.148 e. The topological polar surface area (TPSA) is 34.1 Å². The highest BCUT2D eigenvalue weighted by atomic mass is 16.5. The van der Waals surface area contributed by atoms with Crippen LogP contribution in [0.15, 0.2) is 36.4 Å². The van der Waals surface area contributed by atoms with E-state index in [4.69, 9.17) is 4.74 Å². The molecule has 0 fully saturated rings. The van der Waals surface area contributed by atoms with Crippen LogP contribution in [-0.2, 0) is 13.0 Å². The second-order valence-corrected chi connectivity index (χ2v) is 5.50. The number of aryl methyl sites for hydroxylation is 2. The van der Waals surface area contributed by atoms with Crippen molar-refractivity contribution in [2.45, 2.75) is 46.7 Å². The van der Waals surface area contributed by atoms with E-state index < -0.39 is 0 Å². The lowest BCUT2D eigenvalue weighted by Gasteiger charge is -2.15. The SMILES string of the molecule is CCc1nc(C)ccc1Oc1ccccc1CNC(C)C. The predicted molar refractivity (Wildman–Crippen MR) is 86.8 cm³/mol. The lowest BCUT2D eigenvalue weighted by molar-refractivity contribution is 0.461. The Balaban J connectivity index is 2.23. The first-order chi connectivity index (χ1) is 10.1. The van der Waals surface area contributed by atoms with Gasteiger partial charge in [0, 0.05) is 23.8 Å². The summed E-state index contributed by atoms with van der Waals surface area (Å²) in [5.74, 6) is 1.74. The van der Waals surface area contributed by atoms with E-state index in [9.17, 15) is 0 Å². The molecule has 3 nitrogen and oxygen atoms in total. The summed E-state index contributed by atoms with van der Waals surface area (Å²) in [5.41, 5.74) is 3.18.